The van der Waals surface area contributed by atoms with Crippen molar-refractivity contribution in [3.05, 3.63) is 34.9 Å². The van der Waals surface area contributed by atoms with Gasteiger partial charge in [-0.15, -0.1) is 0 Å². The van der Waals surface area contributed by atoms with Crippen molar-refractivity contribution >= 4 is 11.6 Å². The predicted molar refractivity (Wildman–Crippen MR) is 73.5 cm³/mol. The number of rotatable bonds is 8. The summed E-state index contributed by atoms with van der Waals surface area (Å²) in [5.41, 5.74) is 7.17. The van der Waals surface area contributed by atoms with Crippen molar-refractivity contribution in [1.82, 2.24) is 0 Å². The van der Waals surface area contributed by atoms with E-state index in [0.717, 1.165) is 43.1 Å². The topological polar surface area (TPSA) is 35.2 Å². The maximum absolute atomic E-state index is 6.08. The Kier molecular flexibility index (Phi) is 7.25. The fraction of sp³-hybridized carbons (Fsp3) is 0.571. The summed E-state index contributed by atoms with van der Waals surface area (Å²) in [7, 11) is 0. The van der Waals surface area contributed by atoms with Crippen LogP contribution in [0.3, 0.4) is 0 Å². The molecule has 0 radical (unpaired) electrons. The first-order valence-electron chi connectivity index (χ1n) is 6.30. The summed E-state index contributed by atoms with van der Waals surface area (Å²) in [4.78, 5) is 0. The SMILES string of the molecule is CCCCOCCC(N)Cc1ccccc1Cl. The van der Waals surface area contributed by atoms with Crippen molar-refractivity contribution in [2.24, 2.45) is 5.73 Å². The highest BCUT2D eigenvalue weighted by Gasteiger charge is 2.06. The van der Waals surface area contributed by atoms with Gasteiger partial charge in [0.25, 0.3) is 0 Å². The molecule has 0 amide bonds. The smallest absolute Gasteiger partial charge is 0.0480 e. The first-order chi connectivity index (χ1) is 8.24. The van der Waals surface area contributed by atoms with E-state index in [1.54, 1.807) is 0 Å². The lowest BCUT2D eigenvalue weighted by Gasteiger charge is -2.12. The molecule has 0 heterocycles. The Bertz CT molecular complexity index is 317. The molecule has 1 unspecified atom stereocenters. The summed E-state index contributed by atoms with van der Waals surface area (Å²) >= 11 is 6.08. The Labute approximate surface area is 109 Å². The van der Waals surface area contributed by atoms with Crippen LogP contribution in [0.2, 0.25) is 5.02 Å². The second-order valence-corrected chi connectivity index (χ2v) is 4.72. The number of nitrogens with two attached hydrogens (primary N) is 1. The minimum atomic E-state index is 0.122. The molecule has 1 aromatic carbocycles. The van der Waals surface area contributed by atoms with E-state index < -0.39 is 0 Å². The number of unbranched alkanes of at least 4 members (excludes halogenated alkanes) is 1. The number of benzene rings is 1. The molecule has 0 bridgehead atoms. The van der Waals surface area contributed by atoms with Gasteiger partial charge >= 0.3 is 0 Å². The first-order valence-corrected chi connectivity index (χ1v) is 6.68. The third-order valence-corrected chi connectivity index (χ3v) is 3.08. The molecule has 17 heavy (non-hydrogen) atoms. The molecule has 3 heteroatoms. The highest BCUT2D eigenvalue weighted by molar-refractivity contribution is 6.31. The van der Waals surface area contributed by atoms with Crippen LogP contribution in [0.4, 0.5) is 0 Å². The fourth-order valence-corrected chi connectivity index (χ4v) is 1.84. The highest BCUT2D eigenvalue weighted by Crippen LogP contribution is 2.16. The van der Waals surface area contributed by atoms with Crippen LogP contribution in [0.25, 0.3) is 0 Å². The minimum absolute atomic E-state index is 0.122. The van der Waals surface area contributed by atoms with Gasteiger partial charge in [-0.3, -0.25) is 0 Å². The molecule has 0 saturated carbocycles. The predicted octanol–water partition coefficient (Wildman–Crippen LogP) is 3.42. The van der Waals surface area contributed by atoms with E-state index in [9.17, 15) is 0 Å². The highest BCUT2D eigenvalue weighted by atomic mass is 35.5. The van der Waals surface area contributed by atoms with E-state index in [4.69, 9.17) is 22.1 Å². The van der Waals surface area contributed by atoms with Gasteiger partial charge in [0, 0.05) is 24.3 Å². The van der Waals surface area contributed by atoms with Gasteiger partial charge in [0.15, 0.2) is 0 Å². The maximum atomic E-state index is 6.08. The Balaban J connectivity index is 2.21. The molecule has 1 aromatic rings. The summed E-state index contributed by atoms with van der Waals surface area (Å²) in [6.07, 6.45) is 4.00. The van der Waals surface area contributed by atoms with Crippen LogP contribution >= 0.6 is 11.6 Å². The Morgan fingerprint density at radius 1 is 1.29 bits per heavy atom. The lowest BCUT2D eigenvalue weighted by molar-refractivity contribution is 0.124. The molecule has 0 saturated heterocycles. The Morgan fingerprint density at radius 2 is 2.06 bits per heavy atom. The van der Waals surface area contributed by atoms with Crippen LogP contribution in [-0.2, 0) is 11.2 Å². The zero-order valence-corrected chi connectivity index (χ0v) is 11.2. The van der Waals surface area contributed by atoms with E-state index >= 15 is 0 Å². The van der Waals surface area contributed by atoms with Crippen molar-refractivity contribution in [3.8, 4) is 0 Å². The van der Waals surface area contributed by atoms with Crippen molar-refractivity contribution in [2.75, 3.05) is 13.2 Å². The molecular formula is C14H22ClNO. The molecule has 1 atom stereocenters. The number of ether oxygens (including phenoxy) is 1. The average molecular weight is 256 g/mol. The summed E-state index contributed by atoms with van der Waals surface area (Å²) in [6, 6.07) is 7.98. The summed E-state index contributed by atoms with van der Waals surface area (Å²) < 4.78 is 5.50. The van der Waals surface area contributed by atoms with Gasteiger partial charge in [-0.05, 0) is 30.9 Å². The third kappa shape index (κ3) is 6.06. The monoisotopic (exact) mass is 255 g/mol. The van der Waals surface area contributed by atoms with E-state index in [2.05, 4.69) is 6.92 Å². The van der Waals surface area contributed by atoms with Crippen molar-refractivity contribution in [1.29, 1.82) is 0 Å². The van der Waals surface area contributed by atoms with Crippen molar-refractivity contribution < 1.29 is 4.74 Å². The van der Waals surface area contributed by atoms with Gasteiger partial charge in [-0.1, -0.05) is 43.1 Å². The van der Waals surface area contributed by atoms with Gasteiger partial charge < -0.3 is 10.5 Å². The number of hydrogen-bond acceptors (Lipinski definition) is 2. The molecule has 0 aliphatic rings. The fourth-order valence-electron chi connectivity index (χ4n) is 1.63. The second kappa shape index (κ2) is 8.51. The summed E-state index contributed by atoms with van der Waals surface area (Å²) in [5, 5.41) is 0.801. The van der Waals surface area contributed by atoms with Gasteiger partial charge in [-0.25, -0.2) is 0 Å². The lowest BCUT2D eigenvalue weighted by atomic mass is 10.0. The lowest BCUT2D eigenvalue weighted by Crippen LogP contribution is -2.24. The molecule has 0 aliphatic carbocycles. The number of hydrogen-bond donors (Lipinski definition) is 1. The van der Waals surface area contributed by atoms with Gasteiger partial charge in [-0.2, -0.15) is 0 Å². The average Bonchev–Trinajstić information content (AvgIpc) is 2.32. The molecule has 2 nitrogen and oxygen atoms in total. The van der Waals surface area contributed by atoms with E-state index in [1.807, 2.05) is 24.3 Å². The van der Waals surface area contributed by atoms with Crippen LogP contribution in [0.15, 0.2) is 24.3 Å². The van der Waals surface area contributed by atoms with Gasteiger partial charge in [0.1, 0.15) is 0 Å². The Morgan fingerprint density at radius 3 is 2.76 bits per heavy atom. The van der Waals surface area contributed by atoms with Crippen LogP contribution in [0, 0.1) is 0 Å². The first kappa shape index (κ1) is 14.5. The molecule has 0 aromatic heterocycles. The zero-order valence-electron chi connectivity index (χ0n) is 10.5. The van der Waals surface area contributed by atoms with Gasteiger partial charge in [0.2, 0.25) is 0 Å². The van der Waals surface area contributed by atoms with Crippen molar-refractivity contribution in [2.45, 2.75) is 38.6 Å². The minimum Gasteiger partial charge on any atom is -0.381 e. The third-order valence-electron chi connectivity index (χ3n) is 2.72. The molecule has 96 valence electrons. The van der Waals surface area contributed by atoms with Crippen LogP contribution in [0.5, 0.6) is 0 Å². The molecule has 0 fully saturated rings. The van der Waals surface area contributed by atoms with E-state index in [-0.39, 0.29) is 6.04 Å². The largest absolute Gasteiger partial charge is 0.381 e. The molecule has 1 rings (SSSR count). The number of halogens is 1. The summed E-state index contributed by atoms with van der Waals surface area (Å²) in [6.45, 7) is 3.74. The van der Waals surface area contributed by atoms with Crippen molar-refractivity contribution in [3.63, 3.8) is 0 Å². The van der Waals surface area contributed by atoms with E-state index in [0.29, 0.717) is 0 Å². The van der Waals surface area contributed by atoms with Crippen LogP contribution in [0.1, 0.15) is 31.7 Å². The van der Waals surface area contributed by atoms with Gasteiger partial charge in [0.05, 0.1) is 0 Å². The van der Waals surface area contributed by atoms with E-state index in [1.165, 1.54) is 6.42 Å². The zero-order chi connectivity index (χ0) is 12.5. The molecule has 2 N–H and O–H groups in total. The summed E-state index contributed by atoms with van der Waals surface area (Å²) in [5.74, 6) is 0. The van der Waals surface area contributed by atoms with Crippen LogP contribution in [-0.4, -0.2) is 19.3 Å². The standard InChI is InChI=1S/C14H22ClNO/c1-2-3-9-17-10-8-13(16)11-12-6-4-5-7-14(12)15/h4-7,13H,2-3,8-11,16H2,1H3. The normalized spacial score (nSPS) is 12.6. The molecule has 0 spiro atoms. The Hall–Kier alpha value is -0.570. The quantitative estimate of drug-likeness (QED) is 0.723. The second-order valence-electron chi connectivity index (χ2n) is 4.31. The maximum Gasteiger partial charge on any atom is 0.0480 e. The van der Waals surface area contributed by atoms with Crippen LogP contribution < -0.4 is 5.73 Å². The molecular weight excluding hydrogens is 234 g/mol. The molecule has 0 aliphatic heterocycles.